The highest BCUT2D eigenvalue weighted by Crippen LogP contribution is 2.13. The Bertz CT molecular complexity index is 138. The largest absolute Gasteiger partial charge is 0.356 e. The summed E-state index contributed by atoms with van der Waals surface area (Å²) in [6.07, 6.45) is 4.70. The first-order chi connectivity index (χ1) is 5.29. The zero-order valence-electron chi connectivity index (χ0n) is 6.61. The number of hydrogen-bond acceptors (Lipinski definition) is 1. The first-order valence-corrected chi connectivity index (χ1v) is 4.63. The average Bonchev–Trinajstić information content (AvgIpc) is 2.04. The Morgan fingerprint density at radius 1 is 1.36 bits per heavy atom. The average molecular weight is 176 g/mol. The third-order valence-electron chi connectivity index (χ3n) is 1.95. The first kappa shape index (κ1) is 8.85. The van der Waals surface area contributed by atoms with E-state index in [2.05, 4.69) is 5.32 Å². The lowest BCUT2D eigenvalue weighted by atomic mass is 10.1. The molecule has 0 aromatic carbocycles. The molecule has 2 nitrogen and oxygen atoms in total. The highest BCUT2D eigenvalue weighted by Gasteiger charge is 2.09. The van der Waals surface area contributed by atoms with E-state index in [0.29, 0.717) is 6.42 Å². The molecule has 0 aromatic heterocycles. The Kier molecular flexibility index (Phi) is 3.70. The van der Waals surface area contributed by atoms with Gasteiger partial charge in [-0.15, -0.1) is 11.6 Å². The molecule has 0 aromatic rings. The predicted octanol–water partition coefficient (Wildman–Crippen LogP) is 1.67. The molecule has 1 fully saturated rings. The van der Waals surface area contributed by atoms with E-state index in [9.17, 15) is 4.79 Å². The van der Waals surface area contributed by atoms with Crippen molar-refractivity contribution in [3.05, 3.63) is 0 Å². The van der Waals surface area contributed by atoms with Crippen molar-refractivity contribution in [2.75, 3.05) is 6.54 Å². The molecule has 1 heterocycles. The smallest absolute Gasteiger partial charge is 0.219 e. The molecule has 0 saturated carbocycles. The molecule has 1 saturated heterocycles. The van der Waals surface area contributed by atoms with Gasteiger partial charge in [-0.25, -0.2) is 0 Å². The minimum Gasteiger partial charge on any atom is -0.356 e. The van der Waals surface area contributed by atoms with E-state index in [-0.39, 0.29) is 11.3 Å². The van der Waals surface area contributed by atoms with Crippen LogP contribution in [0.2, 0.25) is 0 Å². The van der Waals surface area contributed by atoms with Crippen LogP contribution in [0.25, 0.3) is 0 Å². The molecule has 3 heteroatoms. The van der Waals surface area contributed by atoms with Gasteiger partial charge in [0.1, 0.15) is 0 Å². The van der Waals surface area contributed by atoms with Gasteiger partial charge < -0.3 is 5.32 Å². The number of amides is 1. The molecule has 0 aliphatic carbocycles. The molecule has 0 radical (unpaired) electrons. The SMILES string of the molecule is O=C1CCCCC(Cl)CCN1. The molecule has 1 aliphatic rings. The Morgan fingerprint density at radius 2 is 2.18 bits per heavy atom. The van der Waals surface area contributed by atoms with E-state index in [4.69, 9.17) is 11.6 Å². The summed E-state index contributed by atoms with van der Waals surface area (Å²) in [4.78, 5) is 10.9. The number of rotatable bonds is 0. The number of alkyl halides is 1. The van der Waals surface area contributed by atoms with Gasteiger partial charge in [-0.2, -0.15) is 0 Å². The minimum atomic E-state index is 0.177. The topological polar surface area (TPSA) is 29.1 Å². The third-order valence-corrected chi connectivity index (χ3v) is 2.39. The summed E-state index contributed by atoms with van der Waals surface area (Å²) in [6.45, 7) is 0.743. The fourth-order valence-corrected chi connectivity index (χ4v) is 1.52. The quantitative estimate of drug-likeness (QED) is 0.558. The lowest BCUT2D eigenvalue weighted by molar-refractivity contribution is -0.121. The zero-order chi connectivity index (χ0) is 8.10. The predicted molar refractivity (Wildman–Crippen MR) is 45.7 cm³/mol. The van der Waals surface area contributed by atoms with Crippen molar-refractivity contribution in [1.29, 1.82) is 0 Å². The highest BCUT2D eigenvalue weighted by atomic mass is 35.5. The maximum atomic E-state index is 10.9. The van der Waals surface area contributed by atoms with Crippen LogP contribution in [-0.4, -0.2) is 17.8 Å². The number of carbonyl (C=O) groups excluding carboxylic acids is 1. The molecular formula is C8H14ClNO. The standard InChI is InChI=1S/C8H14ClNO/c9-7-3-1-2-4-8(11)10-6-5-7/h7H,1-6H2,(H,10,11). The van der Waals surface area contributed by atoms with E-state index in [1.165, 1.54) is 0 Å². The van der Waals surface area contributed by atoms with Crippen LogP contribution in [-0.2, 0) is 4.79 Å². The third kappa shape index (κ3) is 3.61. The van der Waals surface area contributed by atoms with Crippen molar-refractivity contribution in [2.24, 2.45) is 0 Å². The van der Waals surface area contributed by atoms with Crippen LogP contribution < -0.4 is 5.32 Å². The van der Waals surface area contributed by atoms with Gasteiger partial charge in [-0.1, -0.05) is 6.42 Å². The summed E-state index contributed by atoms with van der Waals surface area (Å²) in [5, 5.41) is 3.09. The summed E-state index contributed by atoms with van der Waals surface area (Å²) in [6, 6.07) is 0. The molecule has 1 atom stereocenters. The Labute approximate surface area is 72.3 Å². The highest BCUT2D eigenvalue weighted by molar-refractivity contribution is 6.20. The van der Waals surface area contributed by atoms with Crippen molar-refractivity contribution < 1.29 is 4.79 Å². The van der Waals surface area contributed by atoms with Crippen molar-refractivity contribution in [1.82, 2.24) is 5.32 Å². The number of hydrogen-bond donors (Lipinski definition) is 1. The molecule has 1 N–H and O–H groups in total. The van der Waals surface area contributed by atoms with Crippen molar-refractivity contribution in [2.45, 2.75) is 37.5 Å². The van der Waals surface area contributed by atoms with E-state index in [1.54, 1.807) is 0 Å². The second-order valence-corrected chi connectivity index (χ2v) is 3.60. The van der Waals surface area contributed by atoms with Gasteiger partial charge in [-0.05, 0) is 19.3 Å². The second kappa shape index (κ2) is 4.60. The molecule has 11 heavy (non-hydrogen) atoms. The molecule has 1 aliphatic heterocycles. The monoisotopic (exact) mass is 175 g/mol. The summed E-state index contributed by atoms with van der Waals surface area (Å²) >= 11 is 5.96. The normalized spacial score (nSPS) is 28.1. The van der Waals surface area contributed by atoms with Gasteiger partial charge in [0.05, 0.1) is 0 Å². The summed E-state index contributed by atoms with van der Waals surface area (Å²) in [7, 11) is 0. The first-order valence-electron chi connectivity index (χ1n) is 4.20. The molecular weight excluding hydrogens is 162 g/mol. The number of nitrogens with one attached hydrogen (secondary N) is 1. The fourth-order valence-electron chi connectivity index (χ4n) is 1.25. The van der Waals surface area contributed by atoms with Crippen molar-refractivity contribution >= 4 is 17.5 Å². The fraction of sp³-hybridized carbons (Fsp3) is 0.875. The maximum Gasteiger partial charge on any atom is 0.219 e. The van der Waals surface area contributed by atoms with Crippen LogP contribution in [0.15, 0.2) is 0 Å². The van der Waals surface area contributed by atoms with Crippen molar-refractivity contribution in [3.8, 4) is 0 Å². The Morgan fingerprint density at radius 3 is 3.00 bits per heavy atom. The zero-order valence-corrected chi connectivity index (χ0v) is 7.36. The Balaban J connectivity index is 2.29. The van der Waals surface area contributed by atoms with Crippen LogP contribution in [0.5, 0.6) is 0 Å². The van der Waals surface area contributed by atoms with Gasteiger partial charge >= 0.3 is 0 Å². The van der Waals surface area contributed by atoms with Gasteiger partial charge in [0.15, 0.2) is 0 Å². The van der Waals surface area contributed by atoms with E-state index in [1.807, 2.05) is 0 Å². The van der Waals surface area contributed by atoms with Crippen molar-refractivity contribution in [3.63, 3.8) is 0 Å². The van der Waals surface area contributed by atoms with E-state index in [0.717, 1.165) is 32.2 Å². The number of carbonyl (C=O) groups is 1. The molecule has 0 spiro atoms. The lowest BCUT2D eigenvalue weighted by Crippen LogP contribution is -2.24. The van der Waals surface area contributed by atoms with Crippen LogP contribution in [0.4, 0.5) is 0 Å². The molecule has 1 unspecified atom stereocenters. The molecule has 64 valence electrons. The van der Waals surface area contributed by atoms with Crippen LogP contribution in [0, 0.1) is 0 Å². The molecule has 1 rings (SSSR count). The summed E-state index contributed by atoms with van der Waals surface area (Å²) < 4.78 is 0. The minimum absolute atomic E-state index is 0.177. The summed E-state index contributed by atoms with van der Waals surface area (Å²) in [5.41, 5.74) is 0. The lowest BCUT2D eigenvalue weighted by Gasteiger charge is -2.05. The number of halogens is 1. The van der Waals surface area contributed by atoms with Gasteiger partial charge in [0, 0.05) is 18.3 Å². The van der Waals surface area contributed by atoms with E-state index < -0.39 is 0 Å². The molecule has 0 bridgehead atoms. The summed E-state index contributed by atoms with van der Waals surface area (Å²) in [5.74, 6) is 0.177. The Hall–Kier alpha value is -0.240. The van der Waals surface area contributed by atoms with Crippen LogP contribution in [0.3, 0.4) is 0 Å². The second-order valence-electron chi connectivity index (χ2n) is 2.98. The van der Waals surface area contributed by atoms with Gasteiger partial charge in [0.2, 0.25) is 5.91 Å². The van der Waals surface area contributed by atoms with Gasteiger partial charge in [0.25, 0.3) is 0 Å². The van der Waals surface area contributed by atoms with Crippen LogP contribution >= 0.6 is 11.6 Å². The van der Waals surface area contributed by atoms with E-state index >= 15 is 0 Å². The van der Waals surface area contributed by atoms with Crippen LogP contribution in [0.1, 0.15) is 32.1 Å². The van der Waals surface area contributed by atoms with Gasteiger partial charge in [-0.3, -0.25) is 4.79 Å². The molecule has 1 amide bonds. The maximum absolute atomic E-state index is 10.9.